The molecule has 3 amide bonds. The number of urea groups is 1. The first-order valence-electron chi connectivity index (χ1n) is 10.2. The molecule has 1 aliphatic rings. The SMILES string of the molecule is CCCC1(c2occc2Sc2ccc(OCc3cccc(C)c3)cc2)NC(=O)NC1=O. The van der Waals surface area contributed by atoms with Gasteiger partial charge in [-0.15, -0.1) is 0 Å². The van der Waals surface area contributed by atoms with E-state index >= 15 is 0 Å². The Morgan fingerprint density at radius 3 is 2.58 bits per heavy atom. The Balaban J connectivity index is 1.47. The third kappa shape index (κ3) is 4.46. The van der Waals surface area contributed by atoms with E-state index in [1.165, 1.54) is 17.3 Å². The highest BCUT2D eigenvalue weighted by atomic mass is 32.2. The van der Waals surface area contributed by atoms with Gasteiger partial charge in [-0.25, -0.2) is 4.79 Å². The molecular formula is C24H24N2O4S. The lowest BCUT2D eigenvalue weighted by atomic mass is 9.91. The summed E-state index contributed by atoms with van der Waals surface area (Å²) in [5, 5.41) is 5.10. The standard InChI is InChI=1S/C24H24N2O4S/c1-3-12-24(22(27)25-23(28)26-24)21-20(11-13-29-21)31-19-9-7-18(8-10-19)30-15-17-6-4-5-16(2)14-17/h4-11,13-14H,3,12,15H2,1-2H3,(H2,25,26,27,28). The van der Waals surface area contributed by atoms with Crippen molar-refractivity contribution >= 4 is 23.7 Å². The molecule has 0 aliphatic carbocycles. The van der Waals surface area contributed by atoms with Gasteiger partial charge in [-0.05, 0) is 49.2 Å². The topological polar surface area (TPSA) is 80.6 Å². The molecule has 2 aromatic carbocycles. The van der Waals surface area contributed by atoms with E-state index in [1.807, 2.05) is 49.4 Å². The van der Waals surface area contributed by atoms with Gasteiger partial charge in [-0.1, -0.05) is 54.9 Å². The molecule has 1 saturated heterocycles. The Kier molecular flexibility index (Phi) is 6.04. The van der Waals surface area contributed by atoms with Crippen LogP contribution in [0.4, 0.5) is 4.79 Å². The van der Waals surface area contributed by atoms with Gasteiger partial charge in [-0.2, -0.15) is 0 Å². The second kappa shape index (κ2) is 8.89. The van der Waals surface area contributed by atoms with E-state index in [4.69, 9.17) is 9.15 Å². The highest BCUT2D eigenvalue weighted by Gasteiger charge is 2.50. The minimum Gasteiger partial charge on any atom is -0.489 e. The Bertz CT molecular complexity index is 1090. The smallest absolute Gasteiger partial charge is 0.322 e. The summed E-state index contributed by atoms with van der Waals surface area (Å²) in [5.74, 6) is 0.863. The first kappa shape index (κ1) is 21.1. The molecule has 31 heavy (non-hydrogen) atoms. The summed E-state index contributed by atoms with van der Waals surface area (Å²) in [7, 11) is 0. The Hall–Kier alpha value is -3.19. The van der Waals surface area contributed by atoms with Crippen molar-refractivity contribution in [3.63, 3.8) is 0 Å². The van der Waals surface area contributed by atoms with E-state index in [0.717, 1.165) is 21.1 Å². The van der Waals surface area contributed by atoms with Crippen LogP contribution in [0.5, 0.6) is 5.75 Å². The van der Waals surface area contributed by atoms with Crippen molar-refractivity contribution in [1.82, 2.24) is 10.6 Å². The van der Waals surface area contributed by atoms with Crippen LogP contribution >= 0.6 is 11.8 Å². The molecule has 7 heteroatoms. The zero-order chi connectivity index (χ0) is 21.8. The maximum atomic E-state index is 12.6. The summed E-state index contributed by atoms with van der Waals surface area (Å²) in [6.07, 6.45) is 2.72. The van der Waals surface area contributed by atoms with Crippen LogP contribution in [-0.2, 0) is 16.9 Å². The van der Waals surface area contributed by atoms with Crippen LogP contribution in [0.1, 0.15) is 36.7 Å². The number of ether oxygens (including phenoxy) is 1. The lowest BCUT2D eigenvalue weighted by molar-refractivity contribution is -0.125. The summed E-state index contributed by atoms with van der Waals surface area (Å²) >= 11 is 1.48. The lowest BCUT2D eigenvalue weighted by Gasteiger charge is -2.24. The number of benzene rings is 2. The maximum Gasteiger partial charge on any atom is 0.322 e. The number of hydrogen-bond donors (Lipinski definition) is 2. The van der Waals surface area contributed by atoms with E-state index in [2.05, 4.69) is 29.7 Å². The molecule has 1 aromatic heterocycles. The number of amides is 3. The van der Waals surface area contributed by atoms with Gasteiger partial charge >= 0.3 is 6.03 Å². The number of hydrogen-bond acceptors (Lipinski definition) is 5. The van der Waals surface area contributed by atoms with E-state index in [-0.39, 0.29) is 5.91 Å². The molecule has 2 heterocycles. The molecule has 1 aliphatic heterocycles. The second-order valence-electron chi connectivity index (χ2n) is 7.53. The van der Waals surface area contributed by atoms with Gasteiger partial charge in [0.15, 0.2) is 11.3 Å². The molecule has 4 rings (SSSR count). The van der Waals surface area contributed by atoms with E-state index < -0.39 is 11.6 Å². The molecule has 2 N–H and O–H groups in total. The van der Waals surface area contributed by atoms with Crippen LogP contribution in [0.25, 0.3) is 0 Å². The number of nitrogens with one attached hydrogen (secondary N) is 2. The molecule has 6 nitrogen and oxygen atoms in total. The fourth-order valence-electron chi connectivity index (χ4n) is 3.70. The van der Waals surface area contributed by atoms with Gasteiger partial charge in [0.1, 0.15) is 12.4 Å². The summed E-state index contributed by atoms with van der Waals surface area (Å²) in [6.45, 7) is 4.53. The second-order valence-corrected chi connectivity index (χ2v) is 8.64. The third-order valence-electron chi connectivity index (χ3n) is 5.12. The van der Waals surface area contributed by atoms with Gasteiger partial charge in [0, 0.05) is 4.90 Å². The highest BCUT2D eigenvalue weighted by Crippen LogP contribution is 2.40. The predicted molar refractivity (Wildman–Crippen MR) is 118 cm³/mol. The van der Waals surface area contributed by atoms with Crippen LogP contribution < -0.4 is 15.4 Å². The average molecular weight is 437 g/mol. The summed E-state index contributed by atoms with van der Waals surface area (Å²) in [4.78, 5) is 26.2. The number of carbonyl (C=O) groups excluding carboxylic acids is 2. The van der Waals surface area contributed by atoms with Crippen molar-refractivity contribution < 1.29 is 18.7 Å². The Labute approximate surface area is 185 Å². The summed E-state index contributed by atoms with van der Waals surface area (Å²) < 4.78 is 11.6. The first-order valence-corrected chi connectivity index (χ1v) is 11.0. The monoisotopic (exact) mass is 436 g/mol. The molecule has 0 saturated carbocycles. The van der Waals surface area contributed by atoms with Gasteiger partial charge in [0.05, 0.1) is 11.2 Å². The maximum absolute atomic E-state index is 12.6. The number of aryl methyl sites for hydroxylation is 1. The van der Waals surface area contributed by atoms with Crippen molar-refractivity contribution in [2.45, 2.75) is 48.6 Å². The minimum atomic E-state index is -1.17. The molecule has 1 fully saturated rings. The average Bonchev–Trinajstić information content (AvgIpc) is 3.32. The predicted octanol–water partition coefficient (Wildman–Crippen LogP) is 5.15. The van der Waals surface area contributed by atoms with Gasteiger partial charge in [-0.3, -0.25) is 10.1 Å². The molecule has 0 bridgehead atoms. The fourth-order valence-corrected chi connectivity index (χ4v) is 4.67. The molecule has 1 atom stereocenters. The molecular weight excluding hydrogens is 412 g/mol. The first-order chi connectivity index (χ1) is 15.0. The normalized spacial score (nSPS) is 18.0. The van der Waals surface area contributed by atoms with Crippen LogP contribution in [0.3, 0.4) is 0 Å². The fraction of sp³-hybridized carbons (Fsp3) is 0.250. The van der Waals surface area contributed by atoms with Crippen LogP contribution in [0.15, 0.2) is 75.1 Å². The number of rotatable bonds is 8. The van der Waals surface area contributed by atoms with Crippen molar-refractivity contribution in [3.05, 3.63) is 77.7 Å². The van der Waals surface area contributed by atoms with Crippen molar-refractivity contribution in [1.29, 1.82) is 0 Å². The Morgan fingerprint density at radius 1 is 1.10 bits per heavy atom. The van der Waals surface area contributed by atoms with Gasteiger partial charge < -0.3 is 14.5 Å². The van der Waals surface area contributed by atoms with E-state index in [1.54, 1.807) is 6.26 Å². The number of carbonyl (C=O) groups is 2. The van der Waals surface area contributed by atoms with Crippen LogP contribution in [0.2, 0.25) is 0 Å². The molecule has 160 valence electrons. The van der Waals surface area contributed by atoms with Crippen molar-refractivity contribution in [2.75, 3.05) is 0 Å². The van der Waals surface area contributed by atoms with Crippen molar-refractivity contribution in [3.8, 4) is 5.75 Å². The van der Waals surface area contributed by atoms with Gasteiger partial charge in [0.25, 0.3) is 5.91 Å². The van der Waals surface area contributed by atoms with Crippen LogP contribution in [-0.4, -0.2) is 11.9 Å². The summed E-state index contributed by atoms with van der Waals surface area (Å²) in [6, 6.07) is 17.3. The third-order valence-corrected chi connectivity index (χ3v) is 6.17. The zero-order valence-corrected chi connectivity index (χ0v) is 18.3. The molecule has 0 radical (unpaired) electrons. The van der Waals surface area contributed by atoms with Crippen molar-refractivity contribution in [2.24, 2.45) is 0 Å². The molecule has 0 spiro atoms. The van der Waals surface area contributed by atoms with Gasteiger partial charge in [0.2, 0.25) is 0 Å². The Morgan fingerprint density at radius 2 is 1.90 bits per heavy atom. The van der Waals surface area contributed by atoms with E-state index in [9.17, 15) is 9.59 Å². The molecule has 3 aromatic rings. The lowest BCUT2D eigenvalue weighted by Crippen LogP contribution is -2.43. The zero-order valence-electron chi connectivity index (χ0n) is 17.4. The largest absolute Gasteiger partial charge is 0.489 e. The quantitative estimate of drug-likeness (QED) is 0.477. The summed E-state index contributed by atoms with van der Waals surface area (Å²) in [5.41, 5.74) is 1.16. The highest BCUT2D eigenvalue weighted by molar-refractivity contribution is 7.99. The number of furan rings is 1. The number of imide groups is 1. The molecule has 1 unspecified atom stereocenters. The van der Waals surface area contributed by atoms with E-state index in [0.29, 0.717) is 25.2 Å². The van der Waals surface area contributed by atoms with Crippen LogP contribution in [0, 0.1) is 6.92 Å². The minimum absolute atomic E-state index is 0.379.